The van der Waals surface area contributed by atoms with Crippen molar-refractivity contribution in [2.45, 2.75) is 37.4 Å². The molecular formula is C12H14O2. The van der Waals surface area contributed by atoms with Gasteiger partial charge in [0.25, 0.3) is 0 Å². The molecule has 1 saturated carbocycles. The standard InChI is InChI=1S/C12H14O2/c13-10-8-12(6-3-7-12)14-11-5-2-1-4-9(10)11/h1-2,4-5,10,13H,3,6-8H2/t10-/m0/s1. The molecule has 2 nitrogen and oxygen atoms in total. The number of rotatable bonds is 0. The van der Waals surface area contributed by atoms with Crippen LogP contribution in [-0.4, -0.2) is 10.7 Å². The molecule has 0 radical (unpaired) electrons. The number of hydrogen-bond acceptors (Lipinski definition) is 2. The van der Waals surface area contributed by atoms with E-state index in [0.717, 1.165) is 30.6 Å². The van der Waals surface area contributed by atoms with E-state index in [4.69, 9.17) is 4.74 Å². The van der Waals surface area contributed by atoms with Gasteiger partial charge >= 0.3 is 0 Å². The number of aliphatic hydroxyl groups excluding tert-OH is 1. The molecule has 1 atom stereocenters. The van der Waals surface area contributed by atoms with Crippen LogP contribution in [-0.2, 0) is 0 Å². The summed E-state index contributed by atoms with van der Waals surface area (Å²) < 4.78 is 5.97. The van der Waals surface area contributed by atoms with E-state index in [0.29, 0.717) is 0 Å². The van der Waals surface area contributed by atoms with Gasteiger partial charge in [-0.3, -0.25) is 0 Å². The van der Waals surface area contributed by atoms with Crippen LogP contribution in [0.1, 0.15) is 37.4 Å². The summed E-state index contributed by atoms with van der Waals surface area (Å²) in [6.07, 6.45) is 3.86. The van der Waals surface area contributed by atoms with Gasteiger partial charge in [-0.05, 0) is 25.3 Å². The Kier molecular flexibility index (Phi) is 1.62. The Balaban J connectivity index is 2.00. The summed E-state index contributed by atoms with van der Waals surface area (Å²) in [6, 6.07) is 7.82. The van der Waals surface area contributed by atoms with Crippen LogP contribution in [0.4, 0.5) is 0 Å². The number of ether oxygens (including phenoxy) is 1. The third-order valence-corrected chi connectivity index (χ3v) is 3.43. The molecule has 1 aliphatic carbocycles. The van der Waals surface area contributed by atoms with Crippen LogP contribution in [0.2, 0.25) is 0 Å². The highest BCUT2D eigenvalue weighted by molar-refractivity contribution is 5.38. The maximum Gasteiger partial charge on any atom is 0.125 e. The molecule has 2 heteroatoms. The zero-order chi connectivity index (χ0) is 9.60. The number of para-hydroxylation sites is 1. The molecule has 0 saturated heterocycles. The number of fused-ring (bicyclic) bond motifs is 1. The topological polar surface area (TPSA) is 29.5 Å². The molecule has 3 rings (SSSR count). The predicted octanol–water partition coefficient (Wildman–Crippen LogP) is 2.43. The van der Waals surface area contributed by atoms with Crippen molar-refractivity contribution in [2.24, 2.45) is 0 Å². The second kappa shape index (κ2) is 2.74. The summed E-state index contributed by atoms with van der Waals surface area (Å²) in [5, 5.41) is 9.98. The molecule has 0 amide bonds. The van der Waals surface area contributed by atoms with E-state index in [1.807, 2.05) is 24.3 Å². The molecule has 1 heterocycles. The lowest BCUT2D eigenvalue weighted by Gasteiger charge is -2.46. The maximum absolute atomic E-state index is 9.98. The quantitative estimate of drug-likeness (QED) is 0.680. The van der Waals surface area contributed by atoms with Gasteiger partial charge in [-0.2, -0.15) is 0 Å². The monoisotopic (exact) mass is 190 g/mol. The highest BCUT2D eigenvalue weighted by Gasteiger charge is 2.44. The van der Waals surface area contributed by atoms with Gasteiger partial charge in [-0.1, -0.05) is 18.2 Å². The number of aliphatic hydroxyl groups is 1. The molecule has 2 aliphatic rings. The van der Waals surface area contributed by atoms with Crippen LogP contribution in [0, 0.1) is 0 Å². The van der Waals surface area contributed by atoms with E-state index in [9.17, 15) is 5.11 Å². The number of benzene rings is 1. The SMILES string of the molecule is O[C@H]1CC2(CCC2)Oc2ccccc21. The minimum absolute atomic E-state index is 0.0340. The van der Waals surface area contributed by atoms with E-state index in [-0.39, 0.29) is 11.7 Å². The lowest BCUT2D eigenvalue weighted by Crippen LogP contribution is -2.46. The summed E-state index contributed by atoms with van der Waals surface area (Å²) in [7, 11) is 0. The van der Waals surface area contributed by atoms with Crippen molar-refractivity contribution in [3.8, 4) is 5.75 Å². The Hall–Kier alpha value is -1.02. The molecule has 74 valence electrons. The highest BCUT2D eigenvalue weighted by Crippen LogP contribution is 2.48. The molecule has 1 spiro atoms. The van der Waals surface area contributed by atoms with Crippen LogP contribution < -0.4 is 4.74 Å². The fraction of sp³-hybridized carbons (Fsp3) is 0.500. The van der Waals surface area contributed by atoms with Crippen LogP contribution in [0.15, 0.2) is 24.3 Å². The molecule has 1 aliphatic heterocycles. The van der Waals surface area contributed by atoms with Crippen molar-refractivity contribution in [1.29, 1.82) is 0 Å². The van der Waals surface area contributed by atoms with Crippen molar-refractivity contribution in [1.82, 2.24) is 0 Å². The normalized spacial score (nSPS) is 27.6. The fourth-order valence-electron chi connectivity index (χ4n) is 2.46. The van der Waals surface area contributed by atoms with Gasteiger partial charge in [0.05, 0.1) is 6.10 Å². The smallest absolute Gasteiger partial charge is 0.125 e. The minimum atomic E-state index is -0.333. The first kappa shape index (κ1) is 8.30. The van der Waals surface area contributed by atoms with E-state index in [1.165, 1.54) is 6.42 Å². The zero-order valence-electron chi connectivity index (χ0n) is 8.07. The van der Waals surface area contributed by atoms with E-state index in [1.54, 1.807) is 0 Å². The highest BCUT2D eigenvalue weighted by atomic mass is 16.5. The van der Waals surface area contributed by atoms with Crippen LogP contribution in [0.25, 0.3) is 0 Å². The van der Waals surface area contributed by atoms with Crippen molar-refractivity contribution < 1.29 is 9.84 Å². The Morgan fingerprint density at radius 2 is 2.07 bits per heavy atom. The largest absolute Gasteiger partial charge is 0.487 e. The van der Waals surface area contributed by atoms with Crippen molar-refractivity contribution in [3.05, 3.63) is 29.8 Å². The molecule has 1 aromatic carbocycles. The average molecular weight is 190 g/mol. The first-order valence-electron chi connectivity index (χ1n) is 5.25. The van der Waals surface area contributed by atoms with Gasteiger partial charge in [-0.15, -0.1) is 0 Å². The van der Waals surface area contributed by atoms with Gasteiger partial charge in [0.15, 0.2) is 0 Å². The summed E-state index contributed by atoms with van der Waals surface area (Å²) in [5.41, 5.74) is 0.915. The lowest BCUT2D eigenvalue weighted by molar-refractivity contribution is -0.0663. The van der Waals surface area contributed by atoms with E-state index < -0.39 is 0 Å². The summed E-state index contributed by atoms with van der Waals surface area (Å²) in [6.45, 7) is 0. The van der Waals surface area contributed by atoms with Gasteiger partial charge in [0.2, 0.25) is 0 Å². The average Bonchev–Trinajstić information content (AvgIpc) is 2.15. The maximum atomic E-state index is 9.98. The van der Waals surface area contributed by atoms with Crippen LogP contribution >= 0.6 is 0 Å². The van der Waals surface area contributed by atoms with Gasteiger partial charge in [0.1, 0.15) is 11.4 Å². The summed E-state index contributed by atoms with van der Waals surface area (Å²) >= 11 is 0. The molecule has 14 heavy (non-hydrogen) atoms. The Morgan fingerprint density at radius 3 is 2.79 bits per heavy atom. The Labute approximate surface area is 83.5 Å². The van der Waals surface area contributed by atoms with Gasteiger partial charge < -0.3 is 9.84 Å². The van der Waals surface area contributed by atoms with Crippen molar-refractivity contribution in [2.75, 3.05) is 0 Å². The molecule has 1 aromatic rings. The molecule has 0 unspecified atom stereocenters. The van der Waals surface area contributed by atoms with Crippen LogP contribution in [0.5, 0.6) is 5.75 Å². The van der Waals surface area contributed by atoms with E-state index in [2.05, 4.69) is 0 Å². The van der Waals surface area contributed by atoms with Crippen molar-refractivity contribution in [3.63, 3.8) is 0 Å². The lowest BCUT2D eigenvalue weighted by atomic mass is 9.73. The molecule has 1 N–H and O–H groups in total. The second-order valence-corrected chi connectivity index (χ2v) is 4.40. The third-order valence-electron chi connectivity index (χ3n) is 3.43. The zero-order valence-corrected chi connectivity index (χ0v) is 8.07. The summed E-state index contributed by atoms with van der Waals surface area (Å²) in [5.74, 6) is 0.881. The van der Waals surface area contributed by atoms with Gasteiger partial charge in [0, 0.05) is 12.0 Å². The van der Waals surface area contributed by atoms with E-state index >= 15 is 0 Å². The predicted molar refractivity (Wildman–Crippen MR) is 53.2 cm³/mol. The number of hydrogen-bond donors (Lipinski definition) is 1. The fourth-order valence-corrected chi connectivity index (χ4v) is 2.46. The summed E-state index contributed by atoms with van der Waals surface area (Å²) in [4.78, 5) is 0. The molecular weight excluding hydrogens is 176 g/mol. The molecule has 0 aromatic heterocycles. The van der Waals surface area contributed by atoms with Crippen LogP contribution in [0.3, 0.4) is 0 Å². The van der Waals surface area contributed by atoms with Crippen molar-refractivity contribution >= 4 is 0 Å². The molecule has 0 bridgehead atoms. The first-order chi connectivity index (χ1) is 6.79. The second-order valence-electron chi connectivity index (χ2n) is 4.40. The first-order valence-corrected chi connectivity index (χ1v) is 5.25. The minimum Gasteiger partial charge on any atom is -0.487 e. The van der Waals surface area contributed by atoms with Gasteiger partial charge in [-0.25, -0.2) is 0 Å². The Bertz CT molecular complexity index is 355. The molecule has 1 fully saturated rings. The Morgan fingerprint density at radius 1 is 1.29 bits per heavy atom. The third kappa shape index (κ3) is 1.07.